The van der Waals surface area contributed by atoms with Gasteiger partial charge in [-0.25, -0.2) is 4.48 Å². The molecule has 0 aliphatic heterocycles. The summed E-state index contributed by atoms with van der Waals surface area (Å²) in [6.45, 7) is 10.4. The Labute approximate surface area is 458 Å². The molecule has 73 heavy (non-hydrogen) atoms. The third kappa shape index (κ3) is 57.1. The highest BCUT2D eigenvalue weighted by molar-refractivity contribution is 5.46. The molecule has 0 spiro atoms. The first-order valence-electron chi connectivity index (χ1n) is 31.6. The Balaban J connectivity index is 5.40. The van der Waals surface area contributed by atoms with Gasteiger partial charge in [-0.05, 0) is 85.9 Å². The summed E-state index contributed by atoms with van der Waals surface area (Å²) in [7, 11) is 0. The van der Waals surface area contributed by atoms with Crippen LogP contribution >= 0.6 is 0 Å². The van der Waals surface area contributed by atoms with Crippen LogP contribution in [0.1, 0.15) is 329 Å². The maximum atomic E-state index is 5.08. The van der Waals surface area contributed by atoms with E-state index in [9.17, 15) is 0 Å². The molecule has 0 rings (SSSR count). The number of nitrogens with zero attached hydrogens (tertiary/aromatic N) is 1. The van der Waals surface area contributed by atoms with Gasteiger partial charge in [-0.15, -0.1) is 6.42 Å². The van der Waals surface area contributed by atoms with E-state index in [-0.39, 0.29) is 0 Å². The molecule has 0 unspecified atom stereocenters. The first-order valence-corrected chi connectivity index (χ1v) is 31.6. The Kier molecular flexibility index (Phi) is 58.9. The van der Waals surface area contributed by atoms with Crippen molar-refractivity contribution in [1.82, 2.24) is 0 Å². The fourth-order valence-electron chi connectivity index (χ4n) is 9.98. The van der Waals surface area contributed by atoms with Crippen molar-refractivity contribution < 1.29 is 4.48 Å². The Morgan fingerprint density at radius 1 is 0.192 bits per heavy atom. The molecule has 0 radical (unpaired) electrons. The lowest BCUT2D eigenvalue weighted by molar-refractivity contribution is -0.864. The molecule has 0 saturated carbocycles. The maximum Gasteiger partial charge on any atom is 0.151 e. The SMILES string of the molecule is C#CC#CC#CC#CC#CC#CC#CC#CC#C[N+](CCCCCCCCCCCCCCCCCC)(CCCCCCCCCCCCCCCCCC)CCCCCCCCCCCCCCCCCC. The van der Waals surface area contributed by atoms with Crippen molar-refractivity contribution >= 4 is 0 Å². The zero-order valence-electron chi connectivity index (χ0n) is 48.6. The fourth-order valence-corrected chi connectivity index (χ4v) is 9.98. The average molecular weight is 992 g/mol. The Hall–Kier alpha value is -4.00. The Morgan fingerprint density at radius 2 is 0.342 bits per heavy atom. The van der Waals surface area contributed by atoms with E-state index in [0.717, 1.165) is 24.1 Å². The van der Waals surface area contributed by atoms with Crippen LogP contribution in [0.25, 0.3) is 0 Å². The summed E-state index contributed by atoms with van der Waals surface area (Å²) in [6, 6.07) is 3.78. The summed E-state index contributed by atoms with van der Waals surface area (Å²) < 4.78 is 0.898. The van der Waals surface area contributed by atoms with Gasteiger partial charge in [0.25, 0.3) is 0 Å². The zero-order chi connectivity index (χ0) is 52.6. The monoisotopic (exact) mass is 991 g/mol. The molecule has 0 aliphatic rings. The fraction of sp³-hybridized carbons (Fsp3) is 0.750. The van der Waals surface area contributed by atoms with Gasteiger partial charge in [0.2, 0.25) is 0 Å². The molecule has 0 aromatic carbocycles. The molecule has 1 heteroatoms. The Morgan fingerprint density at radius 3 is 0.521 bits per heavy atom. The number of hydrogen-bond donors (Lipinski definition) is 0. The van der Waals surface area contributed by atoms with E-state index in [1.807, 2.05) is 0 Å². The van der Waals surface area contributed by atoms with Gasteiger partial charge in [-0.2, -0.15) is 0 Å². The van der Waals surface area contributed by atoms with E-state index in [2.05, 4.69) is 122 Å². The van der Waals surface area contributed by atoms with Crippen molar-refractivity contribution in [2.24, 2.45) is 0 Å². The standard InChI is InChI=1S/C72H112N/c1-5-9-13-17-21-25-29-33-37-41-45-49-53-57-61-65-69-73(70-66-62-58-54-50-46-42-38-34-30-26-22-18-14-10-6-2,71-67-63-59-55-51-47-43-39-35-31-27-23-19-15-11-7-3)72-68-64-60-56-52-48-44-40-36-32-28-24-20-16-12-8-4/h1H,6-8,10-12,14-16,18-20,22-24,26-28,30-32,34-36,38-40,42-44,46-48,50-52,54-56,58-60,62-64,66-68,70-72H2,2-4H3/q+1. The summed E-state index contributed by atoms with van der Waals surface area (Å²) in [5.74, 6) is 43.2. The van der Waals surface area contributed by atoms with E-state index in [1.165, 1.54) is 308 Å². The predicted octanol–water partition coefficient (Wildman–Crippen LogP) is 20.2. The van der Waals surface area contributed by atoms with Gasteiger partial charge < -0.3 is 0 Å². The minimum Gasteiger partial charge on any atom is -0.246 e. The second-order valence-corrected chi connectivity index (χ2v) is 21.4. The lowest BCUT2D eigenvalue weighted by Crippen LogP contribution is -2.46. The second-order valence-electron chi connectivity index (χ2n) is 21.4. The topological polar surface area (TPSA) is 0 Å². The smallest absolute Gasteiger partial charge is 0.151 e. The molecular formula is C72H112N+. The van der Waals surface area contributed by atoms with E-state index in [0.29, 0.717) is 0 Å². The van der Waals surface area contributed by atoms with Crippen molar-refractivity contribution in [3.63, 3.8) is 0 Å². The first-order chi connectivity index (χ1) is 36.2. The number of rotatable bonds is 51. The highest BCUT2D eigenvalue weighted by Gasteiger charge is 2.25. The van der Waals surface area contributed by atoms with Crippen LogP contribution in [-0.2, 0) is 0 Å². The van der Waals surface area contributed by atoms with Crippen LogP contribution in [0.4, 0.5) is 0 Å². The summed E-state index contributed by atoms with van der Waals surface area (Å²) in [5, 5.41) is 0. The molecule has 0 amide bonds. The number of terminal acetylenes is 1. The number of hydrogen-bond acceptors (Lipinski definition) is 0. The first kappa shape index (κ1) is 69.0. The van der Waals surface area contributed by atoms with E-state index >= 15 is 0 Å². The minimum atomic E-state index is 0.898. The van der Waals surface area contributed by atoms with E-state index < -0.39 is 0 Å². The summed E-state index contributed by atoms with van der Waals surface area (Å²) in [4.78, 5) is 0. The van der Waals surface area contributed by atoms with Crippen LogP contribution in [0.2, 0.25) is 0 Å². The van der Waals surface area contributed by atoms with Crippen molar-refractivity contribution in [2.75, 3.05) is 19.6 Å². The predicted molar refractivity (Wildman–Crippen MR) is 325 cm³/mol. The highest BCUT2D eigenvalue weighted by atomic mass is 15.3. The molecule has 0 N–H and O–H groups in total. The molecule has 0 bridgehead atoms. The molecule has 0 aromatic rings. The van der Waals surface area contributed by atoms with Crippen molar-refractivity contribution in [3.05, 3.63) is 0 Å². The molecule has 0 saturated heterocycles. The lowest BCUT2D eigenvalue weighted by Gasteiger charge is -2.32. The van der Waals surface area contributed by atoms with Gasteiger partial charge in [0.05, 0.1) is 25.6 Å². The molecule has 0 aromatic heterocycles. The second kappa shape index (κ2) is 62.3. The molecule has 0 heterocycles. The van der Waals surface area contributed by atoms with Crippen molar-refractivity contribution in [3.8, 4) is 107 Å². The largest absolute Gasteiger partial charge is 0.246 e. The molecular weight excluding hydrogens is 879 g/mol. The summed E-state index contributed by atoms with van der Waals surface area (Å²) >= 11 is 0. The van der Waals surface area contributed by atoms with Crippen LogP contribution in [0.15, 0.2) is 0 Å². The third-order valence-corrected chi connectivity index (χ3v) is 14.6. The zero-order valence-corrected chi connectivity index (χ0v) is 48.6. The average Bonchev–Trinajstić information content (AvgIpc) is 3.40. The van der Waals surface area contributed by atoms with E-state index in [1.54, 1.807) is 0 Å². The van der Waals surface area contributed by atoms with Crippen LogP contribution in [-0.4, -0.2) is 24.1 Å². The quantitative estimate of drug-likeness (QED) is 0.0324. The lowest BCUT2D eigenvalue weighted by atomic mass is 10.0. The van der Waals surface area contributed by atoms with Gasteiger partial charge in [-0.3, -0.25) is 0 Å². The third-order valence-electron chi connectivity index (χ3n) is 14.6. The van der Waals surface area contributed by atoms with Gasteiger partial charge in [0.1, 0.15) is 0 Å². The van der Waals surface area contributed by atoms with Crippen LogP contribution in [0, 0.1) is 107 Å². The molecule has 404 valence electrons. The summed E-state index contributed by atoms with van der Waals surface area (Å²) in [6.07, 6.45) is 72.2. The van der Waals surface area contributed by atoms with Gasteiger partial charge in [0.15, 0.2) is 6.04 Å². The number of unbranched alkanes of at least 4 members (excludes halogenated alkanes) is 45. The van der Waals surface area contributed by atoms with Crippen molar-refractivity contribution in [1.29, 1.82) is 0 Å². The Bertz CT molecular complexity index is 1700. The van der Waals surface area contributed by atoms with E-state index in [4.69, 9.17) is 6.42 Å². The normalized spacial score (nSPS) is 10.1. The van der Waals surface area contributed by atoms with Gasteiger partial charge >= 0.3 is 0 Å². The van der Waals surface area contributed by atoms with Crippen LogP contribution in [0.5, 0.6) is 0 Å². The molecule has 0 fully saturated rings. The number of quaternary nitrogens is 1. The summed E-state index contributed by atoms with van der Waals surface area (Å²) in [5.41, 5.74) is 0. The molecule has 1 nitrogen and oxygen atoms in total. The molecule has 0 atom stereocenters. The van der Waals surface area contributed by atoms with Crippen LogP contribution in [0.3, 0.4) is 0 Å². The van der Waals surface area contributed by atoms with Crippen LogP contribution < -0.4 is 0 Å². The maximum absolute atomic E-state index is 5.08. The van der Waals surface area contributed by atoms with Gasteiger partial charge in [-0.1, -0.05) is 290 Å². The minimum absolute atomic E-state index is 0.898. The highest BCUT2D eigenvalue weighted by Crippen LogP contribution is 2.20. The van der Waals surface area contributed by atoms with Crippen molar-refractivity contribution in [2.45, 2.75) is 329 Å². The van der Waals surface area contributed by atoms with Gasteiger partial charge in [0, 0.05) is 41.4 Å². The molecule has 0 aliphatic carbocycles.